The Labute approximate surface area is 104 Å². The second-order valence-corrected chi connectivity index (χ2v) is 5.84. The van der Waals surface area contributed by atoms with Crippen LogP contribution >= 0.6 is 0 Å². The summed E-state index contributed by atoms with van der Waals surface area (Å²) in [5, 5.41) is 3.37. The van der Waals surface area contributed by atoms with Gasteiger partial charge in [-0.2, -0.15) is 0 Å². The van der Waals surface area contributed by atoms with Gasteiger partial charge in [0.05, 0.1) is 0 Å². The second-order valence-electron chi connectivity index (χ2n) is 5.84. The van der Waals surface area contributed by atoms with Gasteiger partial charge in [-0.25, -0.2) is 0 Å². The third-order valence-corrected chi connectivity index (χ3v) is 3.87. The molecule has 2 fully saturated rings. The fourth-order valence-electron chi connectivity index (χ4n) is 2.95. The number of carbonyl (C=O) groups excluding carboxylic acids is 1. The van der Waals surface area contributed by atoms with Gasteiger partial charge in [-0.1, -0.05) is 0 Å². The van der Waals surface area contributed by atoms with Crippen molar-refractivity contribution in [2.75, 3.05) is 39.3 Å². The summed E-state index contributed by atoms with van der Waals surface area (Å²) in [6.07, 6.45) is 2.97. The van der Waals surface area contributed by atoms with E-state index in [4.69, 9.17) is 0 Å². The summed E-state index contributed by atoms with van der Waals surface area (Å²) in [5.41, 5.74) is -0.0190. The number of rotatable bonds is 3. The Kier molecular flexibility index (Phi) is 4.05. The number of piperidine rings is 1. The first-order valence-corrected chi connectivity index (χ1v) is 6.83. The van der Waals surface area contributed by atoms with E-state index in [0.717, 1.165) is 58.5 Å². The van der Waals surface area contributed by atoms with Crippen molar-refractivity contribution in [1.82, 2.24) is 15.1 Å². The zero-order chi connectivity index (χ0) is 12.3. The zero-order valence-corrected chi connectivity index (χ0v) is 11.2. The average Bonchev–Trinajstić information content (AvgIpc) is 2.30. The van der Waals surface area contributed by atoms with Crippen LogP contribution in [0.25, 0.3) is 0 Å². The maximum atomic E-state index is 12.0. The lowest BCUT2D eigenvalue weighted by Crippen LogP contribution is -2.58. The molecule has 2 saturated heterocycles. The van der Waals surface area contributed by atoms with E-state index in [-0.39, 0.29) is 5.54 Å². The van der Waals surface area contributed by atoms with E-state index in [0.29, 0.717) is 5.91 Å². The molecule has 0 bridgehead atoms. The number of nitrogens with zero attached hydrogens (tertiary/aromatic N) is 2. The number of piperazine rings is 1. The highest BCUT2D eigenvalue weighted by Gasteiger charge is 2.33. The average molecular weight is 239 g/mol. The maximum absolute atomic E-state index is 12.0. The largest absolute Gasteiger partial charge is 0.336 e. The van der Waals surface area contributed by atoms with Crippen LogP contribution in [0.4, 0.5) is 0 Å². The van der Waals surface area contributed by atoms with Crippen molar-refractivity contribution in [3.63, 3.8) is 0 Å². The molecular weight excluding hydrogens is 214 g/mol. The minimum atomic E-state index is -0.0190. The molecule has 0 aromatic rings. The Hall–Kier alpha value is -0.610. The standard InChI is InChI=1S/C13H25N3O/c1-13(2,11-15-9-6-14-7-10-15)16-8-4-3-5-12(16)17/h14H,3-11H2,1-2H3. The Morgan fingerprint density at radius 2 is 1.88 bits per heavy atom. The number of carbonyl (C=O) groups is 1. The Balaban J connectivity index is 1.93. The number of likely N-dealkylation sites (tertiary alicyclic amines) is 1. The van der Waals surface area contributed by atoms with Crippen LogP contribution in [0.3, 0.4) is 0 Å². The fourth-order valence-corrected chi connectivity index (χ4v) is 2.95. The summed E-state index contributed by atoms with van der Waals surface area (Å²) in [4.78, 5) is 16.5. The third-order valence-electron chi connectivity index (χ3n) is 3.87. The molecule has 0 aromatic carbocycles. The molecule has 2 aliphatic rings. The van der Waals surface area contributed by atoms with E-state index in [1.165, 1.54) is 0 Å². The molecule has 0 saturated carbocycles. The van der Waals surface area contributed by atoms with Gasteiger partial charge in [0.25, 0.3) is 0 Å². The molecule has 0 spiro atoms. The van der Waals surface area contributed by atoms with Crippen molar-refractivity contribution in [2.45, 2.75) is 38.6 Å². The van der Waals surface area contributed by atoms with Crippen LogP contribution in [0.15, 0.2) is 0 Å². The van der Waals surface area contributed by atoms with Gasteiger partial charge < -0.3 is 10.2 Å². The smallest absolute Gasteiger partial charge is 0.223 e. The fraction of sp³-hybridized carbons (Fsp3) is 0.923. The van der Waals surface area contributed by atoms with Crippen LogP contribution in [0.5, 0.6) is 0 Å². The van der Waals surface area contributed by atoms with Crippen molar-refractivity contribution in [2.24, 2.45) is 0 Å². The van der Waals surface area contributed by atoms with Crippen LogP contribution in [0.1, 0.15) is 33.1 Å². The van der Waals surface area contributed by atoms with Gasteiger partial charge in [-0.05, 0) is 26.7 Å². The van der Waals surface area contributed by atoms with E-state index in [9.17, 15) is 4.79 Å². The lowest BCUT2D eigenvalue weighted by Gasteiger charge is -2.44. The lowest BCUT2D eigenvalue weighted by atomic mass is 9.97. The number of nitrogens with one attached hydrogen (secondary N) is 1. The zero-order valence-electron chi connectivity index (χ0n) is 11.2. The molecule has 0 atom stereocenters. The number of hydrogen-bond acceptors (Lipinski definition) is 3. The van der Waals surface area contributed by atoms with Crippen LogP contribution in [0, 0.1) is 0 Å². The molecule has 2 aliphatic heterocycles. The van der Waals surface area contributed by atoms with E-state index in [1.54, 1.807) is 0 Å². The molecule has 4 nitrogen and oxygen atoms in total. The van der Waals surface area contributed by atoms with E-state index in [2.05, 4.69) is 29.0 Å². The summed E-state index contributed by atoms with van der Waals surface area (Å²) in [7, 11) is 0. The van der Waals surface area contributed by atoms with Gasteiger partial charge >= 0.3 is 0 Å². The van der Waals surface area contributed by atoms with Gasteiger partial charge in [0, 0.05) is 51.2 Å². The molecule has 0 radical (unpaired) electrons. The van der Waals surface area contributed by atoms with Gasteiger partial charge in [-0.3, -0.25) is 9.69 Å². The molecule has 0 aliphatic carbocycles. The van der Waals surface area contributed by atoms with Crippen molar-refractivity contribution < 1.29 is 4.79 Å². The highest BCUT2D eigenvalue weighted by molar-refractivity contribution is 5.77. The molecule has 0 aromatic heterocycles. The Morgan fingerprint density at radius 3 is 2.53 bits per heavy atom. The lowest BCUT2D eigenvalue weighted by molar-refractivity contribution is -0.139. The Morgan fingerprint density at radius 1 is 1.18 bits per heavy atom. The summed E-state index contributed by atoms with van der Waals surface area (Å²) in [6, 6.07) is 0. The minimum Gasteiger partial charge on any atom is -0.336 e. The van der Waals surface area contributed by atoms with Gasteiger partial charge in [-0.15, -0.1) is 0 Å². The molecule has 2 heterocycles. The number of hydrogen-bond donors (Lipinski definition) is 1. The van der Waals surface area contributed by atoms with Crippen molar-refractivity contribution in [1.29, 1.82) is 0 Å². The van der Waals surface area contributed by atoms with Gasteiger partial charge in [0.1, 0.15) is 0 Å². The molecule has 4 heteroatoms. The molecule has 2 rings (SSSR count). The van der Waals surface area contributed by atoms with E-state index in [1.807, 2.05) is 0 Å². The van der Waals surface area contributed by atoms with Crippen molar-refractivity contribution in [3.8, 4) is 0 Å². The van der Waals surface area contributed by atoms with Gasteiger partial charge in [0.15, 0.2) is 0 Å². The first-order valence-electron chi connectivity index (χ1n) is 6.83. The van der Waals surface area contributed by atoms with Crippen LogP contribution in [-0.4, -0.2) is 60.5 Å². The first kappa shape index (κ1) is 12.8. The molecule has 1 N–H and O–H groups in total. The summed E-state index contributed by atoms with van der Waals surface area (Å²) in [6.45, 7) is 10.7. The first-order chi connectivity index (χ1) is 8.09. The van der Waals surface area contributed by atoms with Crippen LogP contribution in [0.2, 0.25) is 0 Å². The topological polar surface area (TPSA) is 35.6 Å². The predicted octanol–water partition coefficient (Wildman–Crippen LogP) is 0.683. The number of amides is 1. The van der Waals surface area contributed by atoms with E-state index >= 15 is 0 Å². The highest BCUT2D eigenvalue weighted by atomic mass is 16.2. The van der Waals surface area contributed by atoms with E-state index < -0.39 is 0 Å². The molecular formula is C13H25N3O. The second kappa shape index (κ2) is 5.36. The molecule has 1 amide bonds. The summed E-state index contributed by atoms with van der Waals surface area (Å²) < 4.78 is 0. The SMILES string of the molecule is CC(C)(CN1CCNCC1)N1CCCCC1=O. The van der Waals surface area contributed by atoms with Crippen molar-refractivity contribution >= 4 is 5.91 Å². The predicted molar refractivity (Wildman–Crippen MR) is 69.0 cm³/mol. The molecule has 0 unspecified atom stereocenters. The van der Waals surface area contributed by atoms with Crippen LogP contribution in [-0.2, 0) is 4.79 Å². The summed E-state index contributed by atoms with van der Waals surface area (Å²) in [5.74, 6) is 0.344. The monoisotopic (exact) mass is 239 g/mol. The van der Waals surface area contributed by atoms with Gasteiger partial charge in [0.2, 0.25) is 5.91 Å². The summed E-state index contributed by atoms with van der Waals surface area (Å²) >= 11 is 0. The highest BCUT2D eigenvalue weighted by Crippen LogP contribution is 2.22. The normalized spacial score (nSPS) is 24.1. The Bertz CT molecular complexity index is 272. The quantitative estimate of drug-likeness (QED) is 0.787. The minimum absolute atomic E-state index is 0.0190. The maximum Gasteiger partial charge on any atom is 0.223 e. The third kappa shape index (κ3) is 3.19. The molecule has 17 heavy (non-hydrogen) atoms. The molecule has 98 valence electrons. The van der Waals surface area contributed by atoms with Crippen LogP contribution < -0.4 is 5.32 Å². The van der Waals surface area contributed by atoms with Crippen molar-refractivity contribution in [3.05, 3.63) is 0 Å².